The summed E-state index contributed by atoms with van der Waals surface area (Å²) in [7, 11) is -0.222. The third-order valence-corrected chi connectivity index (χ3v) is 5.81. The zero-order chi connectivity index (χ0) is 16.9. The van der Waals surface area contributed by atoms with Gasteiger partial charge in [-0.2, -0.15) is 0 Å². The second-order valence-corrected chi connectivity index (χ2v) is 8.40. The van der Waals surface area contributed by atoms with Gasteiger partial charge in [0, 0.05) is 26.6 Å². The van der Waals surface area contributed by atoms with E-state index in [1.54, 1.807) is 19.0 Å². The molecule has 0 bridgehead atoms. The Kier molecular flexibility index (Phi) is 7.14. The summed E-state index contributed by atoms with van der Waals surface area (Å²) in [5.74, 6) is -0.744. The molecule has 0 aromatic heterocycles. The molecule has 1 saturated carbocycles. The lowest BCUT2D eigenvalue weighted by atomic mass is 10.3. The summed E-state index contributed by atoms with van der Waals surface area (Å²) in [5.41, 5.74) is 0. The van der Waals surface area contributed by atoms with Gasteiger partial charge in [-0.25, -0.2) is 8.42 Å². The van der Waals surface area contributed by atoms with Crippen LogP contribution in [0.4, 0.5) is 0 Å². The quantitative estimate of drug-likeness (QED) is 0.621. The minimum atomic E-state index is -3.54. The molecule has 0 saturated heterocycles. The first-order valence-corrected chi connectivity index (χ1v) is 9.76. The standard InChI is InChI=1S/C13H23N3O3S3/c1-4-14-13(21)16(3)9-22(18,19)8-11(17)7-15(2)12(20)10-5-6-10/h10H,4-9H2,1-3H3,(H,14,21). The van der Waals surface area contributed by atoms with Crippen molar-refractivity contribution < 1.29 is 13.2 Å². The van der Waals surface area contributed by atoms with Gasteiger partial charge in [0.15, 0.2) is 20.7 Å². The average molecular weight is 366 g/mol. The number of nitrogens with zero attached hydrogens (tertiary/aromatic N) is 2. The minimum Gasteiger partial charge on any atom is -0.363 e. The first-order valence-electron chi connectivity index (χ1n) is 7.12. The Morgan fingerprint density at radius 3 is 2.32 bits per heavy atom. The number of sulfone groups is 1. The van der Waals surface area contributed by atoms with Crippen LogP contribution in [0.2, 0.25) is 0 Å². The summed E-state index contributed by atoms with van der Waals surface area (Å²) < 4.78 is 24.1. The number of nitrogens with one attached hydrogen (secondary N) is 1. The van der Waals surface area contributed by atoms with Crippen molar-refractivity contribution in [3.05, 3.63) is 0 Å². The Balaban J connectivity index is 2.47. The molecular formula is C13H23N3O3S3. The maximum absolute atomic E-state index is 12.1. The Labute approximate surface area is 143 Å². The van der Waals surface area contributed by atoms with Crippen molar-refractivity contribution in [2.75, 3.05) is 38.8 Å². The number of hydrogen-bond acceptors (Lipinski definition) is 5. The molecule has 0 unspecified atom stereocenters. The van der Waals surface area contributed by atoms with E-state index in [0.717, 1.165) is 17.8 Å². The molecule has 1 N–H and O–H groups in total. The molecule has 1 fully saturated rings. The maximum Gasteiger partial charge on any atom is 0.175 e. The maximum atomic E-state index is 12.1. The van der Waals surface area contributed by atoms with E-state index >= 15 is 0 Å². The van der Waals surface area contributed by atoms with E-state index in [1.165, 1.54) is 4.90 Å². The second kappa shape index (κ2) is 8.16. The van der Waals surface area contributed by atoms with Crippen molar-refractivity contribution >= 4 is 50.2 Å². The topological polar surface area (TPSA) is 69.7 Å². The van der Waals surface area contributed by atoms with Gasteiger partial charge in [-0.1, -0.05) is 12.2 Å². The van der Waals surface area contributed by atoms with Crippen molar-refractivity contribution in [3.8, 4) is 0 Å². The van der Waals surface area contributed by atoms with Gasteiger partial charge in [-0.05, 0) is 32.0 Å². The van der Waals surface area contributed by atoms with Crippen LogP contribution in [0, 0.1) is 5.92 Å². The monoisotopic (exact) mass is 365 g/mol. The van der Waals surface area contributed by atoms with Gasteiger partial charge in [0.1, 0.15) is 11.6 Å². The number of Topliss-reactive ketones (excluding diaryl/α,β-unsaturated/α-hetero) is 1. The summed E-state index contributed by atoms with van der Waals surface area (Å²) in [5, 5.41) is 3.22. The molecule has 22 heavy (non-hydrogen) atoms. The molecule has 126 valence electrons. The van der Waals surface area contributed by atoms with Crippen molar-refractivity contribution in [1.29, 1.82) is 0 Å². The normalized spacial score (nSPS) is 14.3. The molecule has 1 aliphatic rings. The fourth-order valence-corrected chi connectivity index (χ4v) is 3.94. The van der Waals surface area contributed by atoms with Crippen LogP contribution < -0.4 is 5.32 Å². The highest BCUT2D eigenvalue weighted by Crippen LogP contribution is 2.31. The van der Waals surface area contributed by atoms with E-state index in [9.17, 15) is 13.2 Å². The van der Waals surface area contributed by atoms with Crippen molar-refractivity contribution in [3.63, 3.8) is 0 Å². The van der Waals surface area contributed by atoms with Gasteiger partial charge in [0.05, 0.1) is 11.5 Å². The lowest BCUT2D eigenvalue weighted by Crippen LogP contribution is -2.42. The van der Waals surface area contributed by atoms with Gasteiger partial charge in [-0.15, -0.1) is 0 Å². The summed E-state index contributed by atoms with van der Waals surface area (Å²) in [6.45, 7) is 2.53. The number of likely N-dealkylation sites (N-methyl/N-ethyl adjacent to an activating group) is 1. The van der Waals surface area contributed by atoms with Gasteiger partial charge < -0.3 is 15.1 Å². The van der Waals surface area contributed by atoms with Crippen LogP contribution in [0.1, 0.15) is 19.8 Å². The second-order valence-electron chi connectivity index (χ2n) is 5.56. The number of ketones is 1. The molecule has 0 aliphatic heterocycles. The lowest BCUT2D eigenvalue weighted by Gasteiger charge is -2.21. The van der Waals surface area contributed by atoms with Crippen LogP contribution in [0.25, 0.3) is 0 Å². The first-order chi connectivity index (χ1) is 10.2. The summed E-state index contributed by atoms with van der Waals surface area (Å²) in [4.78, 5) is 15.8. The average Bonchev–Trinajstić information content (AvgIpc) is 3.20. The van der Waals surface area contributed by atoms with Gasteiger partial charge in [-0.3, -0.25) is 4.79 Å². The van der Waals surface area contributed by atoms with Crippen LogP contribution >= 0.6 is 24.4 Å². The fourth-order valence-electron chi connectivity index (χ4n) is 1.96. The SMILES string of the molecule is CCNC(=S)N(C)CS(=O)(=O)CC(=O)CN(C)C(=S)C1CC1. The number of rotatable bonds is 8. The third kappa shape index (κ3) is 6.53. The number of carbonyl (C=O) groups excluding carboxylic acids is 1. The third-order valence-electron chi connectivity index (χ3n) is 3.16. The zero-order valence-corrected chi connectivity index (χ0v) is 15.6. The van der Waals surface area contributed by atoms with Crippen molar-refractivity contribution in [2.45, 2.75) is 19.8 Å². The molecule has 0 heterocycles. The Bertz CT molecular complexity index is 544. The van der Waals surface area contributed by atoms with E-state index < -0.39 is 15.6 Å². The van der Waals surface area contributed by atoms with Crippen LogP contribution in [-0.4, -0.2) is 72.9 Å². The molecule has 0 spiro atoms. The summed E-state index contributed by atoms with van der Waals surface area (Å²) in [6.07, 6.45) is 2.12. The Morgan fingerprint density at radius 1 is 1.23 bits per heavy atom. The first kappa shape index (κ1) is 19.2. The molecule has 0 aromatic rings. The molecule has 6 nitrogen and oxygen atoms in total. The molecule has 1 aliphatic carbocycles. The van der Waals surface area contributed by atoms with E-state index in [4.69, 9.17) is 24.4 Å². The highest BCUT2D eigenvalue weighted by Gasteiger charge is 2.29. The molecule has 0 aromatic carbocycles. The molecule has 9 heteroatoms. The number of thiocarbonyl (C=S) groups is 2. The van der Waals surface area contributed by atoms with Gasteiger partial charge >= 0.3 is 0 Å². The molecule has 0 atom stereocenters. The van der Waals surface area contributed by atoms with Crippen LogP contribution in [0.3, 0.4) is 0 Å². The van der Waals surface area contributed by atoms with E-state index in [2.05, 4.69) is 5.32 Å². The van der Waals surface area contributed by atoms with Crippen LogP contribution in [0.15, 0.2) is 0 Å². The molecular weight excluding hydrogens is 342 g/mol. The number of carbonyl (C=O) groups is 1. The predicted molar refractivity (Wildman–Crippen MR) is 95.7 cm³/mol. The molecule has 0 amide bonds. The fraction of sp³-hybridized carbons (Fsp3) is 0.769. The predicted octanol–water partition coefficient (Wildman–Crippen LogP) is 0.423. The summed E-state index contributed by atoms with van der Waals surface area (Å²) in [6, 6.07) is 0. The smallest absolute Gasteiger partial charge is 0.175 e. The molecule has 0 radical (unpaired) electrons. The van der Waals surface area contributed by atoms with Gasteiger partial charge in [0.25, 0.3) is 0 Å². The van der Waals surface area contributed by atoms with Crippen LogP contribution in [0.5, 0.6) is 0 Å². The van der Waals surface area contributed by atoms with E-state index in [0.29, 0.717) is 17.6 Å². The van der Waals surface area contributed by atoms with E-state index in [-0.39, 0.29) is 18.2 Å². The Hall–Kier alpha value is -0.800. The summed E-state index contributed by atoms with van der Waals surface area (Å²) >= 11 is 10.3. The van der Waals surface area contributed by atoms with Gasteiger partial charge in [0.2, 0.25) is 0 Å². The van der Waals surface area contributed by atoms with Crippen LogP contribution in [-0.2, 0) is 14.6 Å². The largest absolute Gasteiger partial charge is 0.363 e. The zero-order valence-electron chi connectivity index (χ0n) is 13.2. The van der Waals surface area contributed by atoms with E-state index in [1.807, 2.05) is 6.92 Å². The lowest BCUT2D eigenvalue weighted by molar-refractivity contribution is -0.116. The minimum absolute atomic E-state index is 0.0376. The molecule has 1 rings (SSSR count). The number of hydrogen-bond donors (Lipinski definition) is 1. The highest BCUT2D eigenvalue weighted by molar-refractivity contribution is 7.92. The van der Waals surface area contributed by atoms with Crippen molar-refractivity contribution in [1.82, 2.24) is 15.1 Å². The van der Waals surface area contributed by atoms with Crippen molar-refractivity contribution in [2.24, 2.45) is 5.92 Å². The Morgan fingerprint density at radius 2 is 1.82 bits per heavy atom. The highest BCUT2D eigenvalue weighted by atomic mass is 32.2.